The van der Waals surface area contributed by atoms with E-state index in [4.69, 9.17) is 10.2 Å². The molecular weight excluding hydrogens is 423 g/mol. The quantitative estimate of drug-likeness (QED) is 0.365. The average Bonchev–Trinajstić information content (AvgIpc) is 3.10. The van der Waals surface area contributed by atoms with Crippen LogP contribution in [-0.4, -0.2) is 80.8 Å². The van der Waals surface area contributed by atoms with Crippen molar-refractivity contribution in [3.63, 3.8) is 0 Å². The second-order valence-electron chi connectivity index (χ2n) is 11.2. The molecule has 3 saturated heterocycles. The first-order valence-electron chi connectivity index (χ1n) is 13.6. The maximum Gasteiger partial charge on any atom is 0.151 e. The molecule has 4 fully saturated rings. The van der Waals surface area contributed by atoms with Gasteiger partial charge in [-0.3, -0.25) is 10.2 Å². The molecule has 5 N–H and O–H groups in total. The number of aliphatic hydroxyl groups excluding tert-OH is 2. The number of alkyl halides is 1. The van der Waals surface area contributed by atoms with Crippen LogP contribution in [0.1, 0.15) is 90.9 Å². The molecule has 9 atom stereocenters. The van der Waals surface area contributed by atoms with E-state index in [1.165, 1.54) is 12.8 Å². The fraction of sp³-hybridized carbons (Fsp3) is 1.00. The smallest absolute Gasteiger partial charge is 0.151 e. The van der Waals surface area contributed by atoms with Crippen LogP contribution in [-0.2, 0) is 0 Å². The lowest BCUT2D eigenvalue weighted by Crippen LogP contribution is -2.65. The highest BCUT2D eigenvalue weighted by atomic mass is 19.1. The lowest BCUT2D eigenvalue weighted by Gasteiger charge is -2.46. The highest BCUT2D eigenvalue weighted by Gasteiger charge is 2.48. The van der Waals surface area contributed by atoms with Gasteiger partial charge in [-0.15, -0.1) is 0 Å². The van der Waals surface area contributed by atoms with Crippen molar-refractivity contribution in [3.8, 4) is 0 Å². The van der Waals surface area contributed by atoms with Gasteiger partial charge in [0.1, 0.15) is 12.4 Å². The molecule has 0 aromatic carbocycles. The summed E-state index contributed by atoms with van der Waals surface area (Å²) in [6.45, 7) is 5.42. The van der Waals surface area contributed by atoms with E-state index >= 15 is 4.39 Å². The monoisotopic (exact) mass is 470 g/mol. The number of nitrogens with one attached hydrogen (secondary N) is 2. The number of nitrogens with zero attached hydrogens (tertiary/aromatic N) is 2. The molecule has 7 nitrogen and oxygen atoms in total. The minimum absolute atomic E-state index is 0.000733. The number of rotatable bonds is 7. The number of likely N-dealkylation sites (tertiary alicyclic amines) is 1. The normalized spacial score (nSPS) is 42.3. The third-order valence-corrected chi connectivity index (χ3v) is 9.01. The van der Waals surface area contributed by atoms with E-state index in [1.807, 2.05) is 0 Å². The third-order valence-electron chi connectivity index (χ3n) is 9.01. The van der Waals surface area contributed by atoms with Crippen molar-refractivity contribution in [2.75, 3.05) is 6.54 Å². The molecule has 1 saturated carbocycles. The molecule has 0 aromatic heterocycles. The molecule has 0 amide bonds. The Balaban J connectivity index is 1.35. The van der Waals surface area contributed by atoms with Crippen LogP contribution in [0, 0.1) is 11.8 Å². The summed E-state index contributed by atoms with van der Waals surface area (Å²) >= 11 is 0. The van der Waals surface area contributed by atoms with Crippen molar-refractivity contribution < 1.29 is 19.7 Å². The molecule has 4 aliphatic rings. The largest absolute Gasteiger partial charge is 0.377 e. The van der Waals surface area contributed by atoms with Gasteiger partial charge in [-0.1, -0.05) is 19.8 Å². The van der Waals surface area contributed by atoms with Crippen LogP contribution in [0.15, 0.2) is 0 Å². The molecule has 0 spiro atoms. The maximum atomic E-state index is 15.2. The Labute approximate surface area is 199 Å². The minimum atomic E-state index is -1.29. The first-order valence-corrected chi connectivity index (χ1v) is 13.6. The first-order chi connectivity index (χ1) is 15.9. The van der Waals surface area contributed by atoms with E-state index in [-0.39, 0.29) is 30.1 Å². The number of hydrazine groups is 1. The zero-order valence-corrected chi connectivity index (χ0v) is 20.6. The maximum absolute atomic E-state index is 15.2. The SMILES string of the molecule is CCC1CC(C(O)N2CCCCCC2C)NC2CC(C3CCC(CCC(O)O)CC3F)NN12. The fourth-order valence-corrected chi connectivity index (χ4v) is 7.00. The predicted molar refractivity (Wildman–Crippen MR) is 127 cm³/mol. The second-order valence-corrected chi connectivity index (χ2v) is 11.2. The van der Waals surface area contributed by atoms with Gasteiger partial charge in [-0.25, -0.2) is 14.8 Å². The van der Waals surface area contributed by atoms with Crippen LogP contribution in [0.2, 0.25) is 0 Å². The van der Waals surface area contributed by atoms with Crippen molar-refractivity contribution in [2.45, 2.75) is 140 Å². The molecule has 1 aliphatic carbocycles. The fourth-order valence-electron chi connectivity index (χ4n) is 7.00. The summed E-state index contributed by atoms with van der Waals surface area (Å²) in [5.74, 6) is 0.248. The molecule has 0 aromatic rings. The van der Waals surface area contributed by atoms with E-state index in [0.717, 1.165) is 51.5 Å². The summed E-state index contributed by atoms with van der Waals surface area (Å²) in [5, 5.41) is 35.7. The molecular formula is C25H47FN4O3. The van der Waals surface area contributed by atoms with Crippen molar-refractivity contribution in [1.29, 1.82) is 0 Å². The van der Waals surface area contributed by atoms with Gasteiger partial charge in [-0.05, 0) is 77.0 Å². The van der Waals surface area contributed by atoms with Gasteiger partial charge in [0.2, 0.25) is 0 Å². The Morgan fingerprint density at radius 3 is 2.58 bits per heavy atom. The Morgan fingerprint density at radius 1 is 1.03 bits per heavy atom. The molecule has 0 bridgehead atoms. The molecule has 3 heterocycles. The van der Waals surface area contributed by atoms with E-state index in [1.54, 1.807) is 0 Å². The van der Waals surface area contributed by atoms with Gasteiger partial charge in [-0.2, -0.15) is 0 Å². The highest BCUT2D eigenvalue weighted by Crippen LogP contribution is 2.39. The Hall–Kier alpha value is -0.350. The molecule has 33 heavy (non-hydrogen) atoms. The predicted octanol–water partition coefficient (Wildman–Crippen LogP) is 2.46. The lowest BCUT2D eigenvalue weighted by atomic mass is 9.75. The standard InChI is InChI=1S/C25H47FN4O3/c1-3-18-14-22(25(33)29-12-6-4-5-7-16(29)2)27-23-15-21(28-30(18)23)19-10-8-17(13-20(19)26)9-11-24(31)32/h16-25,27-28,31-33H,3-15H2,1-2H3. The Morgan fingerprint density at radius 2 is 1.85 bits per heavy atom. The molecule has 9 unspecified atom stereocenters. The Bertz CT molecular complexity index is 614. The number of halogens is 1. The molecule has 8 heteroatoms. The highest BCUT2D eigenvalue weighted by molar-refractivity contribution is 5.00. The van der Waals surface area contributed by atoms with Crippen molar-refractivity contribution in [2.24, 2.45) is 11.8 Å². The van der Waals surface area contributed by atoms with Crippen LogP contribution in [0.25, 0.3) is 0 Å². The lowest BCUT2D eigenvalue weighted by molar-refractivity contribution is -0.0805. The molecule has 192 valence electrons. The number of hydrogen-bond donors (Lipinski definition) is 5. The van der Waals surface area contributed by atoms with Crippen LogP contribution < -0.4 is 10.7 Å². The van der Waals surface area contributed by atoms with Gasteiger partial charge in [0, 0.05) is 36.6 Å². The topological polar surface area (TPSA) is 91.2 Å². The second kappa shape index (κ2) is 11.6. The van der Waals surface area contributed by atoms with Gasteiger partial charge >= 0.3 is 0 Å². The van der Waals surface area contributed by atoms with Crippen LogP contribution in [0.3, 0.4) is 0 Å². The van der Waals surface area contributed by atoms with Crippen molar-refractivity contribution >= 4 is 0 Å². The minimum Gasteiger partial charge on any atom is -0.377 e. The molecule has 4 rings (SSSR count). The van der Waals surface area contributed by atoms with Crippen LogP contribution in [0.4, 0.5) is 4.39 Å². The Kier molecular flexibility index (Phi) is 9.04. The number of aliphatic hydroxyl groups is 3. The zero-order valence-electron chi connectivity index (χ0n) is 20.6. The van der Waals surface area contributed by atoms with Crippen molar-refractivity contribution in [1.82, 2.24) is 20.7 Å². The third kappa shape index (κ3) is 6.08. The van der Waals surface area contributed by atoms with E-state index in [9.17, 15) is 5.11 Å². The van der Waals surface area contributed by atoms with Crippen molar-refractivity contribution in [3.05, 3.63) is 0 Å². The first kappa shape index (κ1) is 25.7. The summed E-state index contributed by atoms with van der Waals surface area (Å²) in [6.07, 6.45) is 8.44. The van der Waals surface area contributed by atoms with Crippen LogP contribution >= 0.6 is 0 Å². The molecule has 0 radical (unpaired) electrons. The van der Waals surface area contributed by atoms with Gasteiger partial charge in [0.25, 0.3) is 0 Å². The van der Waals surface area contributed by atoms with E-state index in [0.29, 0.717) is 31.3 Å². The van der Waals surface area contributed by atoms with Crippen LogP contribution in [0.5, 0.6) is 0 Å². The summed E-state index contributed by atoms with van der Waals surface area (Å²) < 4.78 is 15.2. The number of fused-ring (bicyclic) bond motifs is 1. The summed E-state index contributed by atoms with van der Waals surface area (Å²) in [6, 6.07) is 0.901. The van der Waals surface area contributed by atoms with Gasteiger partial charge < -0.3 is 15.3 Å². The number of hydrogen-bond acceptors (Lipinski definition) is 7. The van der Waals surface area contributed by atoms with E-state index < -0.39 is 18.7 Å². The summed E-state index contributed by atoms with van der Waals surface area (Å²) in [4.78, 5) is 2.30. The summed E-state index contributed by atoms with van der Waals surface area (Å²) in [7, 11) is 0. The van der Waals surface area contributed by atoms with Gasteiger partial charge in [0.15, 0.2) is 6.29 Å². The average molecular weight is 471 g/mol. The zero-order chi connectivity index (χ0) is 23.5. The summed E-state index contributed by atoms with van der Waals surface area (Å²) in [5.41, 5.74) is 3.67. The van der Waals surface area contributed by atoms with E-state index in [2.05, 4.69) is 34.5 Å². The molecule has 3 aliphatic heterocycles. The van der Waals surface area contributed by atoms with Gasteiger partial charge in [0.05, 0.1) is 6.17 Å².